The summed E-state index contributed by atoms with van der Waals surface area (Å²) in [5, 5.41) is 0. The molecular weight excluding hydrogens is 202 g/mol. The minimum absolute atomic E-state index is 0.225. The molecule has 1 aliphatic heterocycles. The van der Waals surface area contributed by atoms with E-state index in [1.165, 1.54) is 32.4 Å². The molecule has 1 rings (SSSR count). The van der Waals surface area contributed by atoms with E-state index in [1.807, 2.05) is 0 Å². The zero-order valence-electron chi connectivity index (χ0n) is 9.71. The Morgan fingerprint density at radius 2 is 1.75 bits per heavy atom. The van der Waals surface area contributed by atoms with E-state index in [-0.39, 0.29) is 6.79 Å². The normalized spacial score (nSPS) is 16.2. The standard InChI is InChI=1S/C13H19NO2/c1-2-11-15-13-16-12-7-6-10-14-8-4-3-5-9-14/h1H,3-5,8-13H2. The van der Waals surface area contributed by atoms with Crippen molar-refractivity contribution < 1.29 is 9.47 Å². The lowest BCUT2D eigenvalue weighted by Gasteiger charge is -2.23. The highest BCUT2D eigenvalue weighted by Crippen LogP contribution is 2.06. The Kier molecular flexibility index (Phi) is 7.55. The maximum atomic E-state index is 5.12. The van der Waals surface area contributed by atoms with Crippen LogP contribution in [-0.2, 0) is 9.47 Å². The van der Waals surface area contributed by atoms with E-state index in [0.29, 0.717) is 13.2 Å². The van der Waals surface area contributed by atoms with Gasteiger partial charge in [-0.2, -0.15) is 0 Å². The predicted octanol–water partition coefficient (Wildman–Crippen LogP) is 1.10. The molecule has 3 heteroatoms. The summed E-state index contributed by atoms with van der Waals surface area (Å²) >= 11 is 0. The van der Waals surface area contributed by atoms with Crippen molar-refractivity contribution in [1.82, 2.24) is 4.90 Å². The summed E-state index contributed by atoms with van der Waals surface area (Å²) in [4.78, 5) is 2.38. The molecule has 0 bridgehead atoms. The second kappa shape index (κ2) is 9.24. The predicted molar refractivity (Wildman–Crippen MR) is 63.7 cm³/mol. The van der Waals surface area contributed by atoms with E-state index in [2.05, 4.69) is 22.7 Å². The van der Waals surface area contributed by atoms with Crippen molar-refractivity contribution in [3.05, 3.63) is 0 Å². The van der Waals surface area contributed by atoms with Gasteiger partial charge in [-0.1, -0.05) is 24.2 Å². The number of piperidine rings is 1. The highest BCUT2D eigenvalue weighted by Gasteiger charge is 2.07. The lowest BCUT2D eigenvalue weighted by atomic mass is 10.1. The smallest absolute Gasteiger partial charge is 0.149 e. The number of nitrogens with zero attached hydrogens (tertiary/aromatic N) is 1. The topological polar surface area (TPSA) is 21.7 Å². The molecule has 0 aromatic carbocycles. The van der Waals surface area contributed by atoms with Crippen LogP contribution in [-0.4, -0.2) is 44.5 Å². The molecule has 1 aliphatic rings. The Balaban J connectivity index is 1.94. The van der Waals surface area contributed by atoms with Crippen molar-refractivity contribution in [1.29, 1.82) is 0 Å². The van der Waals surface area contributed by atoms with Crippen LogP contribution in [0.1, 0.15) is 19.3 Å². The lowest BCUT2D eigenvalue weighted by Crippen LogP contribution is -2.29. The molecule has 0 amide bonds. The first-order valence-corrected chi connectivity index (χ1v) is 5.70. The fourth-order valence-corrected chi connectivity index (χ4v) is 1.59. The van der Waals surface area contributed by atoms with Crippen LogP contribution in [0.15, 0.2) is 0 Å². The monoisotopic (exact) mass is 221 g/mol. The molecule has 1 fully saturated rings. The lowest BCUT2D eigenvalue weighted by molar-refractivity contribution is -0.0294. The molecule has 3 nitrogen and oxygen atoms in total. The Bertz CT molecular complexity index is 266. The summed E-state index contributed by atoms with van der Waals surface area (Å²) < 4.78 is 10.1. The first-order valence-electron chi connectivity index (χ1n) is 5.70. The van der Waals surface area contributed by atoms with Crippen LogP contribution in [0.4, 0.5) is 0 Å². The second-order valence-corrected chi connectivity index (χ2v) is 3.71. The molecule has 0 aromatic heterocycles. The van der Waals surface area contributed by atoms with Crippen molar-refractivity contribution >= 4 is 0 Å². The summed E-state index contributed by atoms with van der Waals surface area (Å²) in [7, 11) is 0. The second-order valence-electron chi connectivity index (χ2n) is 3.71. The number of ether oxygens (including phenoxy) is 2. The summed E-state index contributed by atoms with van der Waals surface area (Å²) in [6.07, 6.45) is 8.98. The van der Waals surface area contributed by atoms with Gasteiger partial charge >= 0.3 is 0 Å². The molecule has 1 heterocycles. The van der Waals surface area contributed by atoms with Crippen LogP contribution in [0.2, 0.25) is 0 Å². The van der Waals surface area contributed by atoms with Crippen LogP contribution < -0.4 is 0 Å². The maximum Gasteiger partial charge on any atom is 0.149 e. The zero-order valence-corrected chi connectivity index (χ0v) is 9.71. The van der Waals surface area contributed by atoms with Crippen molar-refractivity contribution in [2.24, 2.45) is 0 Å². The summed E-state index contributed by atoms with van der Waals surface area (Å²) in [6, 6.07) is 0. The molecule has 0 aromatic rings. The third-order valence-electron chi connectivity index (χ3n) is 2.40. The fourth-order valence-electron chi connectivity index (χ4n) is 1.59. The van der Waals surface area contributed by atoms with Gasteiger partial charge in [0.05, 0.1) is 6.54 Å². The largest absolute Gasteiger partial charge is 0.343 e. The molecule has 0 unspecified atom stereocenters. The van der Waals surface area contributed by atoms with Gasteiger partial charge in [0.15, 0.2) is 0 Å². The van der Waals surface area contributed by atoms with Gasteiger partial charge in [0.25, 0.3) is 0 Å². The van der Waals surface area contributed by atoms with Gasteiger partial charge in [-0.15, -0.1) is 6.42 Å². The highest BCUT2D eigenvalue weighted by molar-refractivity contribution is 5.01. The van der Waals surface area contributed by atoms with E-state index in [9.17, 15) is 0 Å². The molecule has 16 heavy (non-hydrogen) atoms. The van der Waals surface area contributed by atoms with Crippen LogP contribution in [0.3, 0.4) is 0 Å². The average molecular weight is 221 g/mol. The van der Waals surface area contributed by atoms with Crippen molar-refractivity contribution in [2.75, 3.05) is 39.6 Å². The van der Waals surface area contributed by atoms with Gasteiger partial charge in [-0.25, -0.2) is 0 Å². The molecule has 0 saturated carbocycles. The van der Waals surface area contributed by atoms with E-state index in [4.69, 9.17) is 15.9 Å². The van der Waals surface area contributed by atoms with E-state index < -0.39 is 0 Å². The van der Waals surface area contributed by atoms with Gasteiger partial charge in [0.2, 0.25) is 0 Å². The zero-order chi connectivity index (χ0) is 11.5. The SMILES string of the molecule is C#CCOCOCC#CCN1CCCCC1. The number of likely N-dealkylation sites (tertiary alicyclic amines) is 1. The van der Waals surface area contributed by atoms with Crippen molar-refractivity contribution in [3.8, 4) is 24.2 Å². The van der Waals surface area contributed by atoms with Gasteiger partial charge in [0.1, 0.15) is 20.0 Å². The van der Waals surface area contributed by atoms with Gasteiger partial charge < -0.3 is 9.47 Å². The fraction of sp³-hybridized carbons (Fsp3) is 0.692. The van der Waals surface area contributed by atoms with Crippen molar-refractivity contribution in [3.63, 3.8) is 0 Å². The third-order valence-corrected chi connectivity index (χ3v) is 2.40. The quantitative estimate of drug-likeness (QED) is 0.394. The highest BCUT2D eigenvalue weighted by atomic mass is 16.7. The number of terminal acetylenes is 1. The Morgan fingerprint density at radius 3 is 2.50 bits per heavy atom. The first-order chi connectivity index (χ1) is 7.93. The van der Waals surface area contributed by atoms with Crippen LogP contribution in [0.5, 0.6) is 0 Å². The minimum atomic E-state index is 0.225. The molecule has 0 radical (unpaired) electrons. The molecular formula is C13H19NO2. The van der Waals surface area contributed by atoms with Gasteiger partial charge in [0, 0.05) is 0 Å². The van der Waals surface area contributed by atoms with Crippen LogP contribution in [0, 0.1) is 24.2 Å². The van der Waals surface area contributed by atoms with E-state index in [0.717, 1.165) is 6.54 Å². The Hall–Kier alpha value is -1.00. The Labute approximate surface area is 98.1 Å². The van der Waals surface area contributed by atoms with Crippen LogP contribution >= 0.6 is 0 Å². The number of rotatable bonds is 5. The van der Waals surface area contributed by atoms with E-state index >= 15 is 0 Å². The van der Waals surface area contributed by atoms with E-state index in [1.54, 1.807) is 0 Å². The molecule has 0 aliphatic carbocycles. The molecule has 1 saturated heterocycles. The third kappa shape index (κ3) is 6.48. The van der Waals surface area contributed by atoms with Gasteiger partial charge in [-0.05, 0) is 25.9 Å². The average Bonchev–Trinajstić information content (AvgIpc) is 2.34. The van der Waals surface area contributed by atoms with Gasteiger partial charge in [-0.3, -0.25) is 4.90 Å². The molecule has 0 N–H and O–H groups in total. The summed E-state index contributed by atoms with van der Waals surface area (Å²) in [6.45, 7) is 4.15. The number of hydrogen-bond donors (Lipinski definition) is 0. The molecule has 0 spiro atoms. The maximum absolute atomic E-state index is 5.12. The van der Waals surface area contributed by atoms with Crippen molar-refractivity contribution in [2.45, 2.75) is 19.3 Å². The van der Waals surface area contributed by atoms with Crippen LogP contribution in [0.25, 0.3) is 0 Å². The Morgan fingerprint density at radius 1 is 1.00 bits per heavy atom. The molecule has 88 valence electrons. The molecule has 0 atom stereocenters. The summed E-state index contributed by atoms with van der Waals surface area (Å²) in [5.41, 5.74) is 0. The first kappa shape index (κ1) is 13.1. The summed E-state index contributed by atoms with van der Waals surface area (Å²) in [5.74, 6) is 8.43. The number of hydrogen-bond acceptors (Lipinski definition) is 3. The minimum Gasteiger partial charge on any atom is -0.343 e.